The molecule has 0 aliphatic rings. The van der Waals surface area contributed by atoms with Gasteiger partial charge in [-0.2, -0.15) is 0 Å². The maximum Gasteiger partial charge on any atom is 0.0457 e. The fourth-order valence-electron chi connectivity index (χ4n) is 4.87. The molecule has 4 heteroatoms. The van der Waals surface area contributed by atoms with Crippen LogP contribution in [0.1, 0.15) is 72.5 Å². The van der Waals surface area contributed by atoms with Crippen LogP contribution in [0, 0.1) is 20.8 Å². The Morgan fingerprint density at radius 2 is 1.61 bits per heavy atom. The number of nitrogens with zero attached hydrogens (tertiary/aromatic N) is 2. The van der Waals surface area contributed by atoms with E-state index in [1.165, 1.54) is 38.3 Å². The first-order chi connectivity index (χ1) is 15.5. The molecule has 4 unspecified atom stereocenters. The third-order valence-corrected chi connectivity index (χ3v) is 9.35. The van der Waals surface area contributed by atoms with Crippen molar-refractivity contribution in [2.24, 2.45) is 0 Å². The van der Waals surface area contributed by atoms with Gasteiger partial charge >= 0.3 is 0 Å². The average Bonchev–Trinajstić information content (AvgIpc) is 2.76. The van der Waals surface area contributed by atoms with E-state index in [1.807, 2.05) is 0 Å². The summed E-state index contributed by atoms with van der Waals surface area (Å²) in [5.74, 6) is 4.99. The second-order valence-corrected chi connectivity index (χ2v) is 11.6. The Bertz CT molecular complexity index is 1010. The Hall–Kier alpha value is -1.39. The van der Waals surface area contributed by atoms with Gasteiger partial charge in [0.2, 0.25) is 0 Å². The van der Waals surface area contributed by atoms with Crippen molar-refractivity contribution in [3.8, 4) is 0 Å². The third-order valence-electron chi connectivity index (χ3n) is 7.19. The zero-order valence-corrected chi connectivity index (χ0v) is 23.7. The first kappa shape index (κ1) is 27.9. The Morgan fingerprint density at radius 3 is 2.15 bits per heavy atom. The summed E-state index contributed by atoms with van der Waals surface area (Å²) in [4.78, 5) is 3.52. The lowest BCUT2D eigenvalue weighted by Crippen LogP contribution is -2.31. The minimum atomic E-state index is -0.347. The van der Waals surface area contributed by atoms with Gasteiger partial charge in [-0.25, -0.2) is 4.31 Å². The lowest BCUT2D eigenvalue weighted by molar-refractivity contribution is 0.319. The van der Waals surface area contributed by atoms with Crippen LogP contribution in [0.15, 0.2) is 41.8 Å². The van der Waals surface area contributed by atoms with E-state index in [4.69, 9.17) is 11.6 Å². The zero-order chi connectivity index (χ0) is 25.0. The smallest absolute Gasteiger partial charge is 0.0457 e. The van der Waals surface area contributed by atoms with Crippen molar-refractivity contribution in [3.63, 3.8) is 0 Å². The summed E-state index contributed by atoms with van der Waals surface area (Å²) in [7, 11) is 6.07. The lowest BCUT2D eigenvalue weighted by atomic mass is 9.85. The maximum absolute atomic E-state index is 6.76. The number of likely N-dealkylation sites (N-methyl/N-ethyl adjacent to an activating group) is 1. The van der Waals surface area contributed by atoms with Crippen molar-refractivity contribution in [1.82, 2.24) is 9.21 Å². The molecule has 33 heavy (non-hydrogen) atoms. The normalized spacial score (nSPS) is 15.5. The van der Waals surface area contributed by atoms with Crippen LogP contribution in [0.5, 0.6) is 0 Å². The van der Waals surface area contributed by atoms with Gasteiger partial charge in [0, 0.05) is 27.9 Å². The summed E-state index contributed by atoms with van der Waals surface area (Å²) in [6, 6.07) is 9.13. The summed E-state index contributed by atoms with van der Waals surface area (Å²) in [6.45, 7) is 17.7. The Morgan fingerprint density at radius 1 is 1.00 bits per heavy atom. The molecule has 2 aromatic rings. The molecular formula is C29H43ClN2S. The predicted octanol–water partition coefficient (Wildman–Crippen LogP) is 8.11. The molecule has 0 amide bonds. The van der Waals surface area contributed by atoms with E-state index in [2.05, 4.69) is 115 Å². The second kappa shape index (κ2) is 11.8. The molecule has 0 bridgehead atoms. The van der Waals surface area contributed by atoms with Crippen LogP contribution < -0.4 is 0 Å². The quantitative estimate of drug-likeness (QED) is 0.247. The van der Waals surface area contributed by atoms with Gasteiger partial charge in [0.1, 0.15) is 0 Å². The highest BCUT2D eigenvalue weighted by molar-refractivity contribution is 8.12. The second-order valence-electron chi connectivity index (χ2n) is 9.49. The van der Waals surface area contributed by atoms with Crippen LogP contribution in [0.4, 0.5) is 0 Å². The Balaban J connectivity index is 2.55. The van der Waals surface area contributed by atoms with Gasteiger partial charge in [0.25, 0.3) is 0 Å². The molecule has 0 saturated carbocycles. The first-order valence-corrected chi connectivity index (χ1v) is 13.6. The SMILES string of the molecule is C=CC(C(C)c1c(C)ccc(C)c1C)N(C)S(=C)c1ccc(Cl)c(C(C)N(C)C)c1CCC. The molecule has 2 rings (SSSR count). The molecule has 182 valence electrons. The van der Waals surface area contributed by atoms with E-state index in [9.17, 15) is 0 Å². The van der Waals surface area contributed by atoms with E-state index in [-0.39, 0.29) is 22.8 Å². The summed E-state index contributed by atoms with van der Waals surface area (Å²) in [5, 5.41) is 0.850. The number of halogens is 1. The fraction of sp³-hybridized carbons (Fsp3) is 0.483. The molecule has 0 N–H and O–H groups in total. The highest BCUT2D eigenvalue weighted by Crippen LogP contribution is 2.42. The van der Waals surface area contributed by atoms with Crippen LogP contribution >= 0.6 is 22.3 Å². The molecule has 0 spiro atoms. The summed E-state index contributed by atoms with van der Waals surface area (Å²) < 4.78 is 2.41. The molecule has 0 heterocycles. The largest absolute Gasteiger partial charge is 0.303 e. The third kappa shape index (κ3) is 5.82. The van der Waals surface area contributed by atoms with Crippen molar-refractivity contribution in [3.05, 3.63) is 75.3 Å². The Labute approximate surface area is 210 Å². The average molecular weight is 487 g/mol. The number of aryl methyl sites for hydroxylation is 2. The van der Waals surface area contributed by atoms with Gasteiger partial charge in [-0.1, -0.05) is 66.6 Å². The minimum absolute atomic E-state index is 0.171. The van der Waals surface area contributed by atoms with E-state index in [0.29, 0.717) is 5.92 Å². The van der Waals surface area contributed by atoms with Gasteiger partial charge in [-0.05, 0) is 101 Å². The van der Waals surface area contributed by atoms with E-state index in [0.717, 1.165) is 17.9 Å². The number of benzene rings is 2. The van der Waals surface area contributed by atoms with Crippen molar-refractivity contribution in [2.75, 3.05) is 21.1 Å². The van der Waals surface area contributed by atoms with Gasteiger partial charge in [-0.15, -0.1) is 6.58 Å². The number of hydrogen-bond acceptors (Lipinski definition) is 2. The number of rotatable bonds is 10. The Kier molecular flexibility index (Phi) is 9.99. The van der Waals surface area contributed by atoms with E-state index in [1.54, 1.807) is 0 Å². The fourth-order valence-corrected chi connectivity index (χ4v) is 6.80. The molecule has 0 aliphatic heterocycles. The predicted molar refractivity (Wildman–Crippen MR) is 151 cm³/mol. The van der Waals surface area contributed by atoms with Crippen LogP contribution in [-0.2, 0) is 6.42 Å². The van der Waals surface area contributed by atoms with E-state index < -0.39 is 0 Å². The lowest BCUT2D eigenvalue weighted by Gasteiger charge is -2.35. The molecule has 0 radical (unpaired) electrons. The first-order valence-electron chi connectivity index (χ1n) is 11.9. The van der Waals surface area contributed by atoms with Crippen LogP contribution in [0.2, 0.25) is 5.02 Å². The van der Waals surface area contributed by atoms with Crippen LogP contribution in [0.25, 0.3) is 0 Å². The zero-order valence-electron chi connectivity index (χ0n) is 22.1. The topological polar surface area (TPSA) is 6.48 Å². The molecule has 4 atom stereocenters. The van der Waals surface area contributed by atoms with Crippen molar-refractivity contribution >= 4 is 28.1 Å². The van der Waals surface area contributed by atoms with Gasteiger partial charge in [0.15, 0.2) is 0 Å². The van der Waals surface area contributed by atoms with Crippen LogP contribution in [0.3, 0.4) is 0 Å². The van der Waals surface area contributed by atoms with Crippen molar-refractivity contribution < 1.29 is 0 Å². The van der Waals surface area contributed by atoms with Gasteiger partial charge < -0.3 is 4.90 Å². The molecule has 0 aromatic heterocycles. The standard InChI is InChI=1S/C29H43ClN2S/c1-12-14-24-27(18-17-25(30)29(24)23(7)31(8)9)33(11)32(10)26(13-2)22(6)28-20(4)16-15-19(3)21(28)5/h13,15-18,22-23,26H,2,11-12,14H2,1,3-10H3. The van der Waals surface area contributed by atoms with Crippen molar-refractivity contribution in [1.29, 1.82) is 0 Å². The van der Waals surface area contributed by atoms with Gasteiger partial charge in [-0.3, -0.25) is 0 Å². The number of hydrogen-bond donors (Lipinski definition) is 0. The molecule has 0 saturated heterocycles. The van der Waals surface area contributed by atoms with Crippen LogP contribution in [-0.4, -0.2) is 42.3 Å². The highest BCUT2D eigenvalue weighted by atomic mass is 35.5. The summed E-state index contributed by atoms with van der Waals surface area (Å²) in [6.07, 6.45) is 4.17. The van der Waals surface area contributed by atoms with Crippen molar-refractivity contribution in [2.45, 2.75) is 77.3 Å². The summed E-state index contributed by atoms with van der Waals surface area (Å²) in [5.41, 5.74) is 8.09. The highest BCUT2D eigenvalue weighted by Gasteiger charge is 2.27. The molecule has 0 fully saturated rings. The molecular weight excluding hydrogens is 444 g/mol. The maximum atomic E-state index is 6.76. The molecule has 0 aliphatic carbocycles. The van der Waals surface area contributed by atoms with Gasteiger partial charge in [0.05, 0.1) is 0 Å². The minimum Gasteiger partial charge on any atom is -0.303 e. The monoisotopic (exact) mass is 486 g/mol. The molecule has 2 nitrogen and oxygen atoms in total. The molecule has 2 aromatic carbocycles. The summed E-state index contributed by atoms with van der Waals surface area (Å²) >= 11 is 6.76. The van der Waals surface area contributed by atoms with E-state index >= 15 is 0 Å².